The highest BCUT2D eigenvalue weighted by atomic mass is 16.2. The first-order valence-corrected chi connectivity index (χ1v) is 9.00. The predicted molar refractivity (Wildman–Crippen MR) is 99.3 cm³/mol. The van der Waals surface area contributed by atoms with Crippen LogP contribution >= 0.6 is 0 Å². The number of hydrogen-bond acceptors (Lipinski definition) is 4. The van der Waals surface area contributed by atoms with Crippen molar-refractivity contribution in [2.24, 2.45) is 13.0 Å². The lowest BCUT2D eigenvalue weighted by Gasteiger charge is -2.33. The van der Waals surface area contributed by atoms with Gasteiger partial charge in [-0.1, -0.05) is 12.1 Å². The highest BCUT2D eigenvalue weighted by molar-refractivity contribution is 5.93. The summed E-state index contributed by atoms with van der Waals surface area (Å²) in [4.78, 5) is 16.7. The molecule has 1 aliphatic rings. The molecular formula is C20H25N5O. The quantitative estimate of drug-likeness (QED) is 0.829. The first kappa shape index (κ1) is 18.2. The van der Waals surface area contributed by atoms with Crippen LogP contribution in [0.2, 0.25) is 0 Å². The largest absolute Gasteiger partial charge is 0.341 e. The summed E-state index contributed by atoms with van der Waals surface area (Å²) in [5.41, 5.74) is 2.59. The van der Waals surface area contributed by atoms with Crippen molar-refractivity contribution in [2.45, 2.75) is 19.4 Å². The third-order valence-corrected chi connectivity index (χ3v) is 5.03. The molecule has 1 aromatic heterocycles. The summed E-state index contributed by atoms with van der Waals surface area (Å²) >= 11 is 0. The Bertz CT molecular complexity index is 781. The van der Waals surface area contributed by atoms with E-state index in [-0.39, 0.29) is 5.91 Å². The van der Waals surface area contributed by atoms with Crippen LogP contribution in [0, 0.1) is 17.2 Å². The zero-order valence-electron chi connectivity index (χ0n) is 15.4. The van der Waals surface area contributed by atoms with Crippen molar-refractivity contribution in [3.8, 4) is 6.07 Å². The number of piperidine rings is 1. The molecule has 136 valence electrons. The Hall–Kier alpha value is -2.65. The monoisotopic (exact) mass is 351 g/mol. The number of nitriles is 1. The fraction of sp³-hybridized carbons (Fsp3) is 0.450. The van der Waals surface area contributed by atoms with Gasteiger partial charge >= 0.3 is 0 Å². The smallest absolute Gasteiger partial charge is 0.256 e. The van der Waals surface area contributed by atoms with Gasteiger partial charge in [-0.15, -0.1) is 0 Å². The van der Waals surface area contributed by atoms with Crippen LogP contribution < -0.4 is 0 Å². The van der Waals surface area contributed by atoms with Crippen LogP contribution in [0.25, 0.3) is 0 Å². The Labute approximate surface area is 154 Å². The van der Waals surface area contributed by atoms with Crippen LogP contribution in [-0.2, 0) is 13.6 Å². The van der Waals surface area contributed by atoms with Gasteiger partial charge in [0.25, 0.3) is 5.91 Å². The van der Waals surface area contributed by atoms with E-state index in [1.54, 1.807) is 17.1 Å². The van der Waals surface area contributed by atoms with Crippen molar-refractivity contribution in [3.05, 3.63) is 53.3 Å². The lowest BCUT2D eigenvalue weighted by atomic mass is 9.95. The first-order chi connectivity index (χ1) is 12.5. The molecule has 6 nitrogen and oxygen atoms in total. The van der Waals surface area contributed by atoms with E-state index in [1.807, 2.05) is 43.3 Å². The van der Waals surface area contributed by atoms with Gasteiger partial charge < -0.3 is 4.90 Å². The van der Waals surface area contributed by atoms with Gasteiger partial charge in [0.2, 0.25) is 0 Å². The summed E-state index contributed by atoms with van der Waals surface area (Å²) in [6.45, 7) is 3.79. The van der Waals surface area contributed by atoms with E-state index in [0.717, 1.165) is 39.0 Å². The Kier molecular flexibility index (Phi) is 5.69. The van der Waals surface area contributed by atoms with E-state index in [1.165, 1.54) is 5.56 Å². The minimum Gasteiger partial charge on any atom is -0.341 e. The summed E-state index contributed by atoms with van der Waals surface area (Å²) in [5, 5.41) is 12.9. The Balaban J connectivity index is 1.45. The second-order valence-electron chi connectivity index (χ2n) is 7.12. The van der Waals surface area contributed by atoms with Crippen LogP contribution in [0.15, 0.2) is 36.7 Å². The molecule has 0 N–H and O–H groups in total. The fourth-order valence-corrected chi connectivity index (χ4v) is 3.49. The number of carbonyl (C=O) groups excluding carboxylic acids is 1. The number of likely N-dealkylation sites (tertiary alicyclic amines) is 1. The molecule has 1 aromatic carbocycles. The molecule has 26 heavy (non-hydrogen) atoms. The van der Waals surface area contributed by atoms with Gasteiger partial charge in [0, 0.05) is 33.4 Å². The number of carbonyl (C=O) groups is 1. The van der Waals surface area contributed by atoms with Crippen molar-refractivity contribution < 1.29 is 4.79 Å². The van der Waals surface area contributed by atoms with E-state index in [9.17, 15) is 4.79 Å². The van der Waals surface area contributed by atoms with Crippen LogP contribution in [0.5, 0.6) is 0 Å². The summed E-state index contributed by atoms with van der Waals surface area (Å²) in [6, 6.07) is 9.97. The Morgan fingerprint density at radius 2 is 2.00 bits per heavy atom. The first-order valence-electron chi connectivity index (χ1n) is 9.00. The number of nitrogens with zero attached hydrogens (tertiary/aromatic N) is 5. The molecule has 1 saturated heterocycles. The molecule has 0 radical (unpaired) electrons. The van der Waals surface area contributed by atoms with Crippen molar-refractivity contribution in [1.82, 2.24) is 19.6 Å². The van der Waals surface area contributed by atoms with E-state index < -0.39 is 0 Å². The maximum atomic E-state index is 12.4. The molecule has 0 spiro atoms. The van der Waals surface area contributed by atoms with Crippen molar-refractivity contribution in [1.29, 1.82) is 5.26 Å². The molecule has 0 unspecified atom stereocenters. The minimum absolute atomic E-state index is 0.0399. The minimum atomic E-state index is 0.0399. The van der Waals surface area contributed by atoms with E-state index in [4.69, 9.17) is 5.26 Å². The molecular weight excluding hydrogens is 326 g/mol. The average molecular weight is 351 g/mol. The van der Waals surface area contributed by atoms with E-state index >= 15 is 0 Å². The lowest BCUT2D eigenvalue weighted by molar-refractivity contribution is 0.0737. The molecule has 0 atom stereocenters. The van der Waals surface area contributed by atoms with Gasteiger partial charge in [-0.05, 0) is 49.5 Å². The molecule has 1 aliphatic heterocycles. The highest BCUT2D eigenvalue weighted by Gasteiger charge is 2.23. The molecule has 6 heteroatoms. The molecule has 0 aliphatic carbocycles. The van der Waals surface area contributed by atoms with Gasteiger partial charge in [0.15, 0.2) is 0 Å². The Morgan fingerprint density at radius 1 is 1.31 bits per heavy atom. The van der Waals surface area contributed by atoms with Crippen LogP contribution in [0.4, 0.5) is 0 Å². The summed E-state index contributed by atoms with van der Waals surface area (Å²) in [7, 11) is 3.69. The second-order valence-corrected chi connectivity index (χ2v) is 7.12. The molecule has 1 amide bonds. The third-order valence-electron chi connectivity index (χ3n) is 5.03. The van der Waals surface area contributed by atoms with Crippen molar-refractivity contribution in [3.63, 3.8) is 0 Å². The molecule has 1 fully saturated rings. The maximum Gasteiger partial charge on any atom is 0.256 e. The zero-order chi connectivity index (χ0) is 18.5. The van der Waals surface area contributed by atoms with Crippen LogP contribution in [0.3, 0.4) is 0 Å². The fourth-order valence-electron chi connectivity index (χ4n) is 3.49. The van der Waals surface area contributed by atoms with E-state index in [0.29, 0.717) is 17.0 Å². The molecule has 0 saturated carbocycles. The van der Waals surface area contributed by atoms with Gasteiger partial charge in [-0.25, -0.2) is 0 Å². The number of hydrogen-bond donors (Lipinski definition) is 0. The normalized spacial score (nSPS) is 15.6. The van der Waals surface area contributed by atoms with Crippen LogP contribution in [-0.4, -0.2) is 52.2 Å². The standard InChI is InChI=1S/C20H25N5O/c1-23(20(26)19-12-22-24(2)15-19)13-18-7-9-25(10-8-18)14-17-5-3-16(11-21)4-6-17/h3-6,12,15,18H,7-10,13-14H2,1-2H3. The van der Waals surface area contributed by atoms with Crippen molar-refractivity contribution in [2.75, 3.05) is 26.7 Å². The molecule has 2 aromatic rings. The van der Waals surface area contributed by atoms with Crippen LogP contribution in [0.1, 0.15) is 34.3 Å². The SMILES string of the molecule is CN(CC1CCN(Cc2ccc(C#N)cc2)CC1)C(=O)c1cnn(C)c1. The van der Waals surface area contributed by atoms with Gasteiger partial charge in [-0.2, -0.15) is 10.4 Å². The highest BCUT2D eigenvalue weighted by Crippen LogP contribution is 2.20. The van der Waals surface area contributed by atoms with E-state index in [2.05, 4.69) is 16.1 Å². The summed E-state index contributed by atoms with van der Waals surface area (Å²) < 4.78 is 1.66. The molecule has 3 rings (SSSR count). The topological polar surface area (TPSA) is 65.2 Å². The maximum absolute atomic E-state index is 12.4. The average Bonchev–Trinajstić information content (AvgIpc) is 3.09. The summed E-state index contributed by atoms with van der Waals surface area (Å²) in [6.07, 6.45) is 5.58. The van der Waals surface area contributed by atoms with Gasteiger partial charge in [-0.3, -0.25) is 14.4 Å². The number of benzene rings is 1. The molecule has 0 bridgehead atoms. The number of aromatic nitrogens is 2. The van der Waals surface area contributed by atoms with Gasteiger partial charge in [0.1, 0.15) is 0 Å². The predicted octanol–water partition coefficient (Wildman–Crippen LogP) is 2.28. The third kappa shape index (κ3) is 4.50. The summed E-state index contributed by atoms with van der Waals surface area (Å²) in [5.74, 6) is 0.580. The number of rotatable bonds is 5. The second kappa shape index (κ2) is 8.15. The zero-order valence-corrected chi connectivity index (χ0v) is 15.4. The van der Waals surface area contributed by atoms with Crippen molar-refractivity contribution >= 4 is 5.91 Å². The lowest BCUT2D eigenvalue weighted by Crippen LogP contribution is -2.39. The number of aryl methyl sites for hydroxylation is 1. The van der Waals surface area contributed by atoms with Gasteiger partial charge in [0.05, 0.1) is 23.4 Å². The Morgan fingerprint density at radius 3 is 2.58 bits per heavy atom. The molecule has 2 heterocycles. The number of amides is 1.